The summed E-state index contributed by atoms with van der Waals surface area (Å²) in [6.45, 7) is 0. The molecule has 0 aromatic carbocycles. The standard InChI is InChI=1S/C4H4Cl2O2S/c1-9-3(6)2(5)4(7)8/h1H3,(H,7,8). The highest BCUT2D eigenvalue weighted by molar-refractivity contribution is 8.04. The number of aliphatic carboxylic acids is 1. The third-order valence-electron chi connectivity index (χ3n) is 0.540. The summed E-state index contributed by atoms with van der Waals surface area (Å²) in [5, 5.41) is 7.87. The predicted octanol–water partition coefficient (Wildman–Crippen LogP) is 2.08. The number of carboxylic acids is 1. The maximum atomic E-state index is 10.0. The fourth-order valence-electron chi connectivity index (χ4n) is 0.174. The summed E-state index contributed by atoms with van der Waals surface area (Å²) < 4.78 is 0.101. The zero-order valence-corrected chi connectivity index (χ0v) is 6.85. The van der Waals surface area contributed by atoms with Crippen LogP contribution in [-0.2, 0) is 4.79 Å². The lowest BCUT2D eigenvalue weighted by atomic mass is 10.7. The molecule has 0 aliphatic heterocycles. The molecule has 0 heterocycles. The highest BCUT2D eigenvalue weighted by Crippen LogP contribution is 2.23. The Bertz CT molecular complexity index is 155. The van der Waals surface area contributed by atoms with Gasteiger partial charge >= 0.3 is 5.97 Å². The van der Waals surface area contributed by atoms with E-state index in [0.717, 1.165) is 11.8 Å². The molecule has 5 heteroatoms. The molecule has 0 fully saturated rings. The minimum atomic E-state index is -1.20. The summed E-state index contributed by atoms with van der Waals surface area (Å²) in [5.74, 6) is -1.20. The fourth-order valence-corrected chi connectivity index (χ4v) is 0.752. The van der Waals surface area contributed by atoms with Crippen LogP contribution in [0.2, 0.25) is 0 Å². The first-order valence-corrected chi connectivity index (χ1v) is 3.90. The zero-order chi connectivity index (χ0) is 7.44. The molecule has 0 radical (unpaired) electrons. The van der Waals surface area contributed by atoms with Crippen molar-refractivity contribution in [2.45, 2.75) is 0 Å². The second kappa shape index (κ2) is 4.04. The average Bonchev–Trinajstić information content (AvgIpc) is 1.84. The van der Waals surface area contributed by atoms with Crippen molar-refractivity contribution >= 4 is 40.9 Å². The molecular weight excluding hydrogens is 183 g/mol. The maximum absolute atomic E-state index is 10.0. The molecule has 0 amide bonds. The van der Waals surface area contributed by atoms with Gasteiger partial charge in [-0.2, -0.15) is 0 Å². The Morgan fingerprint density at radius 1 is 1.56 bits per heavy atom. The summed E-state index contributed by atoms with van der Waals surface area (Å²) >= 11 is 11.6. The highest BCUT2D eigenvalue weighted by Gasteiger charge is 2.07. The van der Waals surface area contributed by atoms with Gasteiger partial charge in [-0.05, 0) is 6.26 Å². The first kappa shape index (κ1) is 9.14. The minimum absolute atomic E-state index is 0.101. The van der Waals surface area contributed by atoms with Crippen molar-refractivity contribution in [1.82, 2.24) is 0 Å². The van der Waals surface area contributed by atoms with E-state index < -0.39 is 5.97 Å². The second-order valence-electron chi connectivity index (χ2n) is 1.10. The summed E-state index contributed by atoms with van der Waals surface area (Å²) in [5.41, 5.74) is 0. The summed E-state index contributed by atoms with van der Waals surface area (Å²) in [4.78, 5) is 10.0. The maximum Gasteiger partial charge on any atom is 0.349 e. The number of carbonyl (C=O) groups is 1. The van der Waals surface area contributed by atoms with Gasteiger partial charge in [0.2, 0.25) is 0 Å². The molecule has 0 aliphatic rings. The first-order valence-electron chi connectivity index (χ1n) is 1.92. The van der Waals surface area contributed by atoms with Crippen LogP contribution in [0, 0.1) is 0 Å². The van der Waals surface area contributed by atoms with E-state index in [1.165, 1.54) is 0 Å². The smallest absolute Gasteiger partial charge is 0.349 e. The zero-order valence-electron chi connectivity index (χ0n) is 4.52. The Morgan fingerprint density at radius 2 is 2.00 bits per heavy atom. The van der Waals surface area contributed by atoms with Gasteiger partial charge in [0.05, 0.1) is 4.36 Å². The summed E-state index contributed by atoms with van der Waals surface area (Å²) in [6, 6.07) is 0. The van der Waals surface area contributed by atoms with E-state index in [9.17, 15) is 4.79 Å². The van der Waals surface area contributed by atoms with Crippen molar-refractivity contribution in [3.8, 4) is 0 Å². The van der Waals surface area contributed by atoms with Gasteiger partial charge < -0.3 is 5.11 Å². The summed E-state index contributed by atoms with van der Waals surface area (Å²) in [7, 11) is 0. The molecule has 0 rings (SSSR count). The highest BCUT2D eigenvalue weighted by atomic mass is 35.5. The van der Waals surface area contributed by atoms with Crippen molar-refractivity contribution in [2.75, 3.05) is 6.26 Å². The second-order valence-corrected chi connectivity index (χ2v) is 2.89. The van der Waals surface area contributed by atoms with Gasteiger partial charge in [0.1, 0.15) is 0 Å². The van der Waals surface area contributed by atoms with Crippen LogP contribution in [0.1, 0.15) is 0 Å². The fraction of sp³-hybridized carbons (Fsp3) is 0.250. The topological polar surface area (TPSA) is 37.3 Å². The van der Waals surface area contributed by atoms with Gasteiger partial charge in [-0.3, -0.25) is 0 Å². The van der Waals surface area contributed by atoms with E-state index in [-0.39, 0.29) is 9.40 Å². The Kier molecular flexibility index (Phi) is 4.10. The molecule has 0 saturated heterocycles. The van der Waals surface area contributed by atoms with Crippen molar-refractivity contribution < 1.29 is 9.90 Å². The normalized spacial score (nSPS) is 12.8. The number of rotatable bonds is 2. The van der Waals surface area contributed by atoms with Gasteiger partial charge in [-0.1, -0.05) is 23.2 Å². The monoisotopic (exact) mass is 186 g/mol. The molecule has 0 spiro atoms. The van der Waals surface area contributed by atoms with Crippen LogP contribution in [0.15, 0.2) is 9.40 Å². The number of hydrogen-bond donors (Lipinski definition) is 1. The molecular formula is C4H4Cl2O2S. The van der Waals surface area contributed by atoms with E-state index >= 15 is 0 Å². The lowest BCUT2D eigenvalue weighted by Gasteiger charge is -1.91. The molecule has 0 aromatic rings. The van der Waals surface area contributed by atoms with Gasteiger partial charge in [0, 0.05) is 0 Å². The van der Waals surface area contributed by atoms with Crippen LogP contribution >= 0.6 is 35.0 Å². The van der Waals surface area contributed by atoms with E-state index in [2.05, 4.69) is 0 Å². The molecule has 0 saturated carbocycles. The number of thioether (sulfide) groups is 1. The molecule has 2 nitrogen and oxygen atoms in total. The van der Waals surface area contributed by atoms with Crippen LogP contribution in [0.3, 0.4) is 0 Å². The predicted molar refractivity (Wildman–Crippen MR) is 39.9 cm³/mol. The molecule has 9 heavy (non-hydrogen) atoms. The van der Waals surface area contributed by atoms with E-state index in [0.29, 0.717) is 0 Å². The minimum Gasteiger partial charge on any atom is -0.477 e. The lowest BCUT2D eigenvalue weighted by Crippen LogP contribution is -1.94. The van der Waals surface area contributed by atoms with Crippen molar-refractivity contribution in [2.24, 2.45) is 0 Å². The molecule has 0 bridgehead atoms. The number of halogens is 2. The summed E-state index contributed by atoms with van der Waals surface area (Å²) in [6.07, 6.45) is 1.65. The van der Waals surface area contributed by atoms with Crippen LogP contribution in [-0.4, -0.2) is 17.3 Å². The number of carboxylic acid groups (broad SMARTS) is 1. The molecule has 0 aliphatic carbocycles. The van der Waals surface area contributed by atoms with E-state index in [4.69, 9.17) is 28.3 Å². The van der Waals surface area contributed by atoms with Crippen molar-refractivity contribution in [3.63, 3.8) is 0 Å². The van der Waals surface area contributed by atoms with Gasteiger partial charge in [-0.15, -0.1) is 11.8 Å². The van der Waals surface area contributed by atoms with Gasteiger partial charge in [0.15, 0.2) is 5.03 Å². The Hall–Kier alpha value is 0.140. The molecule has 0 unspecified atom stereocenters. The average molecular weight is 187 g/mol. The van der Waals surface area contributed by atoms with Crippen LogP contribution in [0.25, 0.3) is 0 Å². The quantitative estimate of drug-likeness (QED) is 0.672. The SMILES string of the molecule is CSC(Cl)=C(Cl)C(=O)O. The van der Waals surface area contributed by atoms with Gasteiger partial charge in [0.25, 0.3) is 0 Å². The van der Waals surface area contributed by atoms with Crippen LogP contribution < -0.4 is 0 Å². The van der Waals surface area contributed by atoms with Crippen LogP contribution in [0.4, 0.5) is 0 Å². The largest absolute Gasteiger partial charge is 0.477 e. The van der Waals surface area contributed by atoms with E-state index in [1.807, 2.05) is 0 Å². The molecule has 0 atom stereocenters. The number of hydrogen-bond acceptors (Lipinski definition) is 2. The van der Waals surface area contributed by atoms with Gasteiger partial charge in [-0.25, -0.2) is 4.79 Å². The lowest BCUT2D eigenvalue weighted by molar-refractivity contribution is -0.131. The van der Waals surface area contributed by atoms with E-state index in [1.54, 1.807) is 6.26 Å². The third kappa shape index (κ3) is 2.98. The van der Waals surface area contributed by atoms with Crippen LogP contribution in [0.5, 0.6) is 0 Å². The van der Waals surface area contributed by atoms with Crippen molar-refractivity contribution in [3.05, 3.63) is 9.40 Å². The first-order chi connectivity index (χ1) is 4.09. The third-order valence-corrected chi connectivity index (χ3v) is 2.31. The Morgan fingerprint density at radius 3 is 2.11 bits per heavy atom. The molecule has 1 N–H and O–H groups in total. The Balaban J connectivity index is 4.28. The molecule has 0 aromatic heterocycles. The van der Waals surface area contributed by atoms with Crippen molar-refractivity contribution in [1.29, 1.82) is 0 Å². The molecule has 52 valence electrons. The Labute approximate surface area is 66.8 Å².